The van der Waals surface area contributed by atoms with Crippen molar-refractivity contribution in [3.05, 3.63) is 53.9 Å². The molecular weight excluding hydrogens is 388 g/mol. The standard InChI is InChI=1S/C21H28N4O3S/c1-16(17-9-11-22-12-10-17)23-21(26)19-15-18(29(27,28)24(2)3)7-8-20(19)25-13-5-4-6-14-25/h7-12,15-16H,4-6,13-14H2,1-3H3,(H,23,26). The minimum atomic E-state index is -3.63. The van der Waals surface area contributed by atoms with Gasteiger partial charge >= 0.3 is 0 Å². The number of carbonyl (C=O) groups excluding carboxylic acids is 1. The van der Waals surface area contributed by atoms with E-state index in [-0.39, 0.29) is 16.8 Å². The lowest BCUT2D eigenvalue weighted by molar-refractivity contribution is 0.0940. The quantitative estimate of drug-likeness (QED) is 0.783. The average Bonchev–Trinajstić information content (AvgIpc) is 2.74. The predicted molar refractivity (Wildman–Crippen MR) is 113 cm³/mol. The Hall–Kier alpha value is -2.45. The lowest BCUT2D eigenvalue weighted by Crippen LogP contribution is -2.34. The number of nitrogens with one attached hydrogen (secondary N) is 1. The van der Waals surface area contributed by atoms with Crippen molar-refractivity contribution < 1.29 is 13.2 Å². The van der Waals surface area contributed by atoms with Crippen molar-refractivity contribution in [3.8, 4) is 0 Å². The second kappa shape index (κ2) is 8.92. The Morgan fingerprint density at radius 2 is 1.76 bits per heavy atom. The fourth-order valence-corrected chi connectivity index (χ4v) is 4.42. The van der Waals surface area contributed by atoms with Gasteiger partial charge in [-0.2, -0.15) is 0 Å². The second-order valence-electron chi connectivity index (χ2n) is 7.49. The van der Waals surface area contributed by atoms with Gasteiger partial charge in [-0.15, -0.1) is 0 Å². The predicted octanol–water partition coefficient (Wildman–Crippen LogP) is 2.81. The molecule has 1 atom stereocenters. The number of carbonyl (C=O) groups is 1. The minimum Gasteiger partial charge on any atom is -0.371 e. The van der Waals surface area contributed by atoms with Gasteiger partial charge in [-0.3, -0.25) is 9.78 Å². The number of rotatable bonds is 6. The monoisotopic (exact) mass is 416 g/mol. The minimum absolute atomic E-state index is 0.116. The summed E-state index contributed by atoms with van der Waals surface area (Å²) in [6.45, 7) is 3.62. The van der Waals surface area contributed by atoms with E-state index in [0.717, 1.165) is 41.5 Å². The van der Waals surface area contributed by atoms with Gasteiger partial charge in [0.1, 0.15) is 0 Å². The summed E-state index contributed by atoms with van der Waals surface area (Å²) in [4.78, 5) is 19.5. The third-order valence-electron chi connectivity index (χ3n) is 5.24. The van der Waals surface area contributed by atoms with Crippen molar-refractivity contribution in [3.63, 3.8) is 0 Å². The number of hydrogen-bond donors (Lipinski definition) is 1. The van der Waals surface area contributed by atoms with Crippen LogP contribution in [0.25, 0.3) is 0 Å². The van der Waals surface area contributed by atoms with Crippen LogP contribution in [0.4, 0.5) is 5.69 Å². The summed E-state index contributed by atoms with van der Waals surface area (Å²) in [6.07, 6.45) is 6.66. The number of anilines is 1. The number of aromatic nitrogens is 1. The Morgan fingerprint density at radius 1 is 1.10 bits per heavy atom. The molecule has 0 bridgehead atoms. The van der Waals surface area contributed by atoms with Gasteiger partial charge in [0.2, 0.25) is 10.0 Å². The molecule has 1 aromatic carbocycles. The molecule has 1 aliphatic heterocycles. The zero-order chi connectivity index (χ0) is 21.0. The smallest absolute Gasteiger partial charge is 0.253 e. The molecule has 2 aromatic rings. The number of hydrogen-bond acceptors (Lipinski definition) is 5. The average molecular weight is 417 g/mol. The van der Waals surface area contributed by atoms with Gasteiger partial charge in [-0.05, 0) is 62.1 Å². The number of pyridine rings is 1. The summed E-state index contributed by atoms with van der Waals surface area (Å²) < 4.78 is 26.4. The molecule has 1 saturated heterocycles. The summed E-state index contributed by atoms with van der Waals surface area (Å²) in [5.74, 6) is -0.286. The fraction of sp³-hybridized carbons (Fsp3) is 0.429. The first-order valence-electron chi connectivity index (χ1n) is 9.83. The molecule has 7 nitrogen and oxygen atoms in total. The summed E-state index contributed by atoms with van der Waals surface area (Å²) in [5.41, 5.74) is 2.10. The maximum absolute atomic E-state index is 13.2. The van der Waals surface area contributed by atoms with Gasteiger partial charge in [-0.25, -0.2) is 12.7 Å². The van der Waals surface area contributed by atoms with Crippen LogP contribution < -0.4 is 10.2 Å². The molecule has 29 heavy (non-hydrogen) atoms. The summed E-state index contributed by atoms with van der Waals surface area (Å²) in [5, 5.41) is 3.00. The van der Waals surface area contributed by atoms with Gasteiger partial charge in [0, 0.05) is 45.3 Å². The highest BCUT2D eigenvalue weighted by atomic mass is 32.2. The van der Waals surface area contributed by atoms with E-state index < -0.39 is 10.0 Å². The molecule has 1 unspecified atom stereocenters. The second-order valence-corrected chi connectivity index (χ2v) is 9.64. The van der Waals surface area contributed by atoms with Crippen LogP contribution in [0.3, 0.4) is 0 Å². The Balaban J connectivity index is 1.97. The van der Waals surface area contributed by atoms with Crippen LogP contribution in [0.15, 0.2) is 47.6 Å². The Morgan fingerprint density at radius 3 is 2.38 bits per heavy atom. The van der Waals surface area contributed by atoms with Crippen molar-refractivity contribution in [2.75, 3.05) is 32.1 Å². The zero-order valence-corrected chi connectivity index (χ0v) is 17.9. The lowest BCUT2D eigenvalue weighted by atomic mass is 10.1. The number of benzene rings is 1. The third-order valence-corrected chi connectivity index (χ3v) is 7.05. The van der Waals surface area contributed by atoms with Gasteiger partial charge in [0.25, 0.3) is 5.91 Å². The van der Waals surface area contributed by atoms with E-state index >= 15 is 0 Å². The van der Waals surface area contributed by atoms with Crippen molar-refractivity contribution in [1.82, 2.24) is 14.6 Å². The van der Waals surface area contributed by atoms with E-state index in [1.54, 1.807) is 24.5 Å². The molecule has 1 aliphatic rings. The molecule has 156 valence electrons. The van der Waals surface area contributed by atoms with Gasteiger partial charge in [-0.1, -0.05) is 0 Å². The lowest BCUT2D eigenvalue weighted by Gasteiger charge is -2.31. The Bertz CT molecular complexity index is 955. The summed E-state index contributed by atoms with van der Waals surface area (Å²) in [6, 6.07) is 8.31. The van der Waals surface area contributed by atoms with Crippen LogP contribution in [0.5, 0.6) is 0 Å². The molecule has 1 amide bonds. The summed E-state index contributed by atoms with van der Waals surface area (Å²) >= 11 is 0. The van der Waals surface area contributed by atoms with Gasteiger partial charge in [0.05, 0.1) is 16.5 Å². The van der Waals surface area contributed by atoms with Crippen molar-refractivity contribution in [2.45, 2.75) is 37.1 Å². The number of nitrogens with zero attached hydrogens (tertiary/aromatic N) is 3. The Kier molecular flexibility index (Phi) is 6.54. The SMILES string of the molecule is CC(NC(=O)c1cc(S(=O)(=O)N(C)C)ccc1N1CCCCC1)c1ccncc1. The van der Waals surface area contributed by atoms with E-state index in [4.69, 9.17) is 0 Å². The first kappa shape index (κ1) is 21.3. The molecule has 8 heteroatoms. The molecular formula is C21H28N4O3S. The molecule has 0 spiro atoms. The van der Waals surface area contributed by atoms with Crippen molar-refractivity contribution >= 4 is 21.6 Å². The molecule has 0 saturated carbocycles. The Labute approximate surface area is 172 Å². The molecule has 1 fully saturated rings. The molecule has 2 heterocycles. The first-order chi connectivity index (χ1) is 13.8. The number of piperidine rings is 1. The van der Waals surface area contributed by atoms with E-state index in [9.17, 15) is 13.2 Å². The molecule has 1 aromatic heterocycles. The normalized spacial score (nSPS) is 15.9. The largest absolute Gasteiger partial charge is 0.371 e. The topological polar surface area (TPSA) is 82.6 Å². The summed E-state index contributed by atoms with van der Waals surface area (Å²) in [7, 11) is -0.664. The molecule has 1 N–H and O–H groups in total. The van der Waals surface area contributed by atoms with E-state index in [1.807, 2.05) is 19.1 Å². The zero-order valence-electron chi connectivity index (χ0n) is 17.1. The fourth-order valence-electron chi connectivity index (χ4n) is 3.49. The molecule has 0 radical (unpaired) electrons. The van der Waals surface area contributed by atoms with Crippen LogP contribution in [0.1, 0.15) is 48.1 Å². The highest BCUT2D eigenvalue weighted by Gasteiger charge is 2.25. The van der Waals surface area contributed by atoms with E-state index in [0.29, 0.717) is 5.56 Å². The van der Waals surface area contributed by atoms with E-state index in [1.165, 1.54) is 26.6 Å². The van der Waals surface area contributed by atoms with Gasteiger partial charge in [0.15, 0.2) is 0 Å². The van der Waals surface area contributed by atoms with Crippen LogP contribution in [0.2, 0.25) is 0 Å². The van der Waals surface area contributed by atoms with Crippen molar-refractivity contribution in [2.24, 2.45) is 0 Å². The van der Waals surface area contributed by atoms with Gasteiger partial charge < -0.3 is 10.2 Å². The van der Waals surface area contributed by atoms with Crippen LogP contribution in [-0.4, -0.2) is 50.8 Å². The molecule has 0 aliphatic carbocycles. The third kappa shape index (κ3) is 4.76. The maximum atomic E-state index is 13.2. The van der Waals surface area contributed by atoms with Crippen molar-refractivity contribution in [1.29, 1.82) is 0 Å². The number of sulfonamides is 1. The highest BCUT2D eigenvalue weighted by molar-refractivity contribution is 7.89. The molecule has 3 rings (SSSR count). The van der Waals surface area contributed by atoms with E-state index in [2.05, 4.69) is 15.2 Å². The highest BCUT2D eigenvalue weighted by Crippen LogP contribution is 2.28. The van der Waals surface area contributed by atoms with Crippen LogP contribution in [0, 0.1) is 0 Å². The van der Waals surface area contributed by atoms with Crippen LogP contribution >= 0.6 is 0 Å². The van der Waals surface area contributed by atoms with Crippen LogP contribution in [-0.2, 0) is 10.0 Å². The maximum Gasteiger partial charge on any atom is 0.253 e. The first-order valence-corrected chi connectivity index (χ1v) is 11.3. The number of amides is 1.